The first-order valence-electron chi connectivity index (χ1n) is 10.5. The van der Waals surface area contributed by atoms with Crippen molar-refractivity contribution in [2.24, 2.45) is 0 Å². The van der Waals surface area contributed by atoms with E-state index < -0.39 is 22.5 Å². The normalized spacial score (nSPS) is 13.7. The van der Waals surface area contributed by atoms with E-state index in [9.17, 15) is 18.0 Å². The van der Waals surface area contributed by atoms with Crippen molar-refractivity contribution in [3.63, 3.8) is 0 Å². The summed E-state index contributed by atoms with van der Waals surface area (Å²) in [7, 11) is -0.847. The molecule has 0 unspecified atom stereocenters. The van der Waals surface area contributed by atoms with Crippen molar-refractivity contribution < 1.29 is 27.5 Å². The molecule has 0 atom stereocenters. The molecule has 178 valence electrons. The maximum atomic E-state index is 12.6. The number of nitrogens with zero attached hydrogens (tertiary/aromatic N) is 2. The summed E-state index contributed by atoms with van der Waals surface area (Å²) in [4.78, 5) is 26.3. The molecule has 2 aromatic rings. The lowest BCUT2D eigenvalue weighted by molar-refractivity contribution is -0.128. The molecule has 33 heavy (non-hydrogen) atoms. The lowest BCUT2D eigenvalue weighted by atomic mass is 10.1. The van der Waals surface area contributed by atoms with Gasteiger partial charge in [0.25, 0.3) is 0 Å². The van der Waals surface area contributed by atoms with Crippen molar-refractivity contribution in [3.05, 3.63) is 53.6 Å². The van der Waals surface area contributed by atoms with Crippen LogP contribution < -0.4 is 19.1 Å². The molecule has 3 rings (SSSR count). The van der Waals surface area contributed by atoms with Gasteiger partial charge in [0.15, 0.2) is 0 Å². The summed E-state index contributed by atoms with van der Waals surface area (Å²) >= 11 is 0. The average molecular weight is 476 g/mol. The van der Waals surface area contributed by atoms with E-state index in [1.54, 1.807) is 12.1 Å². The van der Waals surface area contributed by atoms with Gasteiger partial charge in [-0.3, -0.25) is 13.9 Å². The van der Waals surface area contributed by atoms with E-state index in [0.717, 1.165) is 34.7 Å². The van der Waals surface area contributed by atoms with Crippen molar-refractivity contribution in [3.8, 4) is 11.5 Å². The largest absolute Gasteiger partial charge is 0.497 e. The van der Waals surface area contributed by atoms with Crippen LogP contribution in [0.4, 0.5) is 5.69 Å². The molecule has 1 N–H and O–H groups in total. The SMILES string of the molecule is COc1ccc(N(CC(=O)NCc2cccc(CN3CCCC3=O)c2)S(C)(=O)=O)c(OC)c1. The van der Waals surface area contributed by atoms with Gasteiger partial charge >= 0.3 is 0 Å². The standard InChI is InChI=1S/C23H29N3O6S/c1-31-19-9-10-20(21(13-19)32-2)26(33(3,29)30)16-22(27)24-14-17-6-4-7-18(12-17)15-25-11-5-8-23(25)28/h4,6-7,9-10,12-13H,5,8,11,14-16H2,1-3H3,(H,24,27). The van der Waals surface area contributed by atoms with Crippen molar-refractivity contribution in [2.45, 2.75) is 25.9 Å². The Hall–Kier alpha value is -3.27. The van der Waals surface area contributed by atoms with Crippen LogP contribution in [0.3, 0.4) is 0 Å². The number of ether oxygens (including phenoxy) is 2. The predicted molar refractivity (Wildman–Crippen MR) is 125 cm³/mol. The van der Waals surface area contributed by atoms with E-state index in [1.807, 2.05) is 29.2 Å². The Labute approximate surface area is 194 Å². The summed E-state index contributed by atoms with van der Waals surface area (Å²) in [5, 5.41) is 2.77. The fourth-order valence-electron chi connectivity index (χ4n) is 3.69. The molecule has 0 spiro atoms. The zero-order chi connectivity index (χ0) is 24.0. The van der Waals surface area contributed by atoms with Crippen molar-refractivity contribution >= 4 is 27.5 Å². The zero-order valence-corrected chi connectivity index (χ0v) is 19.9. The van der Waals surface area contributed by atoms with Gasteiger partial charge in [0.05, 0.1) is 26.2 Å². The molecule has 0 radical (unpaired) electrons. The molecule has 1 aliphatic rings. The average Bonchev–Trinajstić information content (AvgIpc) is 3.19. The van der Waals surface area contributed by atoms with Crippen LogP contribution >= 0.6 is 0 Å². The minimum absolute atomic E-state index is 0.156. The molecule has 1 aliphatic heterocycles. The van der Waals surface area contributed by atoms with E-state index in [2.05, 4.69) is 5.32 Å². The van der Waals surface area contributed by atoms with Gasteiger partial charge in [-0.1, -0.05) is 24.3 Å². The van der Waals surface area contributed by atoms with Crippen molar-refractivity contribution in [1.82, 2.24) is 10.2 Å². The number of sulfonamides is 1. The highest BCUT2D eigenvalue weighted by molar-refractivity contribution is 7.92. The quantitative estimate of drug-likeness (QED) is 0.563. The van der Waals surface area contributed by atoms with E-state index in [4.69, 9.17) is 9.47 Å². The molecule has 1 fully saturated rings. The highest BCUT2D eigenvalue weighted by atomic mass is 32.2. The first kappa shape index (κ1) is 24.4. The summed E-state index contributed by atoms with van der Waals surface area (Å²) in [6, 6.07) is 12.3. The van der Waals surface area contributed by atoms with Crippen molar-refractivity contribution in [1.29, 1.82) is 0 Å². The number of carbonyl (C=O) groups is 2. The summed E-state index contributed by atoms with van der Waals surface area (Å²) in [6.07, 6.45) is 2.50. The number of methoxy groups -OCH3 is 2. The second-order valence-corrected chi connectivity index (χ2v) is 9.73. The van der Waals surface area contributed by atoms with Gasteiger partial charge in [0.2, 0.25) is 21.8 Å². The number of anilines is 1. The van der Waals surface area contributed by atoms with Gasteiger partial charge in [-0.05, 0) is 29.7 Å². The first-order chi connectivity index (χ1) is 15.7. The lowest BCUT2D eigenvalue weighted by Gasteiger charge is -2.24. The van der Waals surface area contributed by atoms with Gasteiger partial charge in [-0.2, -0.15) is 0 Å². The van der Waals surface area contributed by atoms with Gasteiger partial charge in [0.1, 0.15) is 18.0 Å². The Morgan fingerprint density at radius 1 is 1.12 bits per heavy atom. The Balaban J connectivity index is 1.67. The number of benzene rings is 2. The van der Waals surface area contributed by atoms with Crippen LogP contribution in [0.25, 0.3) is 0 Å². The molecule has 1 saturated heterocycles. The van der Waals surface area contributed by atoms with Crippen molar-refractivity contribution in [2.75, 3.05) is 37.9 Å². The maximum Gasteiger partial charge on any atom is 0.241 e. The third-order valence-corrected chi connectivity index (χ3v) is 6.50. The molecular formula is C23H29N3O6S. The molecule has 10 heteroatoms. The van der Waals surface area contributed by atoms with Crippen LogP contribution in [0.2, 0.25) is 0 Å². The van der Waals surface area contributed by atoms with Crippen LogP contribution in [-0.4, -0.2) is 58.7 Å². The van der Waals surface area contributed by atoms with E-state index in [-0.39, 0.29) is 23.9 Å². The maximum absolute atomic E-state index is 12.6. The van der Waals surface area contributed by atoms with E-state index >= 15 is 0 Å². The number of hydrogen-bond acceptors (Lipinski definition) is 6. The molecular weight excluding hydrogens is 446 g/mol. The van der Waals surface area contributed by atoms with E-state index in [0.29, 0.717) is 18.7 Å². The Morgan fingerprint density at radius 3 is 2.52 bits per heavy atom. The van der Waals surface area contributed by atoms with Crippen LogP contribution in [0.1, 0.15) is 24.0 Å². The number of rotatable bonds is 10. The van der Waals surface area contributed by atoms with Gasteiger partial charge in [-0.15, -0.1) is 0 Å². The monoisotopic (exact) mass is 475 g/mol. The fraction of sp³-hybridized carbons (Fsp3) is 0.391. The predicted octanol–water partition coefficient (Wildman–Crippen LogP) is 1.91. The van der Waals surface area contributed by atoms with Crippen LogP contribution in [0.5, 0.6) is 11.5 Å². The summed E-state index contributed by atoms with van der Waals surface area (Å²) in [5.74, 6) is 0.475. The second-order valence-electron chi connectivity index (χ2n) is 7.82. The first-order valence-corrected chi connectivity index (χ1v) is 12.4. The Bertz CT molecular complexity index is 1120. The Kier molecular flexibility index (Phi) is 7.80. The summed E-state index contributed by atoms with van der Waals surface area (Å²) in [5.41, 5.74) is 2.09. The third-order valence-electron chi connectivity index (χ3n) is 5.37. The minimum atomic E-state index is -3.76. The topological polar surface area (TPSA) is 105 Å². The number of hydrogen-bond donors (Lipinski definition) is 1. The molecule has 0 saturated carbocycles. The molecule has 2 aromatic carbocycles. The Morgan fingerprint density at radius 2 is 1.88 bits per heavy atom. The highest BCUT2D eigenvalue weighted by Crippen LogP contribution is 2.33. The van der Waals surface area contributed by atoms with E-state index in [1.165, 1.54) is 20.3 Å². The van der Waals surface area contributed by atoms with Crippen LogP contribution in [-0.2, 0) is 32.7 Å². The summed E-state index contributed by atoms with van der Waals surface area (Å²) in [6.45, 7) is 1.14. The molecule has 9 nitrogen and oxygen atoms in total. The number of amides is 2. The minimum Gasteiger partial charge on any atom is -0.497 e. The number of carbonyl (C=O) groups excluding carboxylic acids is 2. The van der Waals surface area contributed by atoms with Crippen LogP contribution in [0, 0.1) is 0 Å². The second kappa shape index (κ2) is 10.6. The molecule has 0 bridgehead atoms. The molecule has 0 aromatic heterocycles. The fourth-order valence-corrected chi connectivity index (χ4v) is 4.55. The number of nitrogens with one attached hydrogen (secondary N) is 1. The highest BCUT2D eigenvalue weighted by Gasteiger charge is 2.24. The van der Waals surface area contributed by atoms with Gasteiger partial charge in [0, 0.05) is 32.1 Å². The molecule has 2 amide bonds. The smallest absolute Gasteiger partial charge is 0.241 e. The van der Waals surface area contributed by atoms with Gasteiger partial charge in [-0.25, -0.2) is 8.42 Å². The molecule has 0 aliphatic carbocycles. The van der Waals surface area contributed by atoms with Crippen LogP contribution in [0.15, 0.2) is 42.5 Å². The third kappa shape index (κ3) is 6.38. The van der Waals surface area contributed by atoms with Gasteiger partial charge < -0.3 is 19.7 Å². The molecule has 1 heterocycles. The lowest BCUT2D eigenvalue weighted by Crippen LogP contribution is -2.40. The zero-order valence-electron chi connectivity index (χ0n) is 19.0. The summed E-state index contributed by atoms with van der Waals surface area (Å²) < 4.78 is 36.3. The number of likely N-dealkylation sites (tertiary alicyclic amines) is 1.